The molecule has 0 aliphatic carbocycles. The lowest BCUT2D eigenvalue weighted by molar-refractivity contribution is -0.461. The van der Waals surface area contributed by atoms with Crippen LogP contribution in [-0.4, -0.2) is 85.4 Å². The summed E-state index contributed by atoms with van der Waals surface area (Å²) in [6.07, 6.45) is -9.50. The van der Waals surface area contributed by atoms with E-state index in [9.17, 15) is 84.5 Å². The molecule has 0 aromatic heterocycles. The highest BCUT2D eigenvalue weighted by Gasteiger charge is 2.95. The van der Waals surface area contributed by atoms with Crippen LogP contribution in [0, 0.1) is 0 Å². The molecular formula is C31H38F17NO5Si. The van der Waals surface area contributed by atoms with Gasteiger partial charge in [-0.15, -0.1) is 0 Å². The molecule has 1 amide bonds. The van der Waals surface area contributed by atoms with Crippen LogP contribution in [0.4, 0.5) is 74.6 Å². The molecule has 1 rings (SSSR count). The van der Waals surface area contributed by atoms with Crippen LogP contribution in [-0.2, 0) is 9.22 Å². The highest BCUT2D eigenvalue weighted by atomic mass is 28.4. The molecular weight excluding hydrogens is 817 g/mol. The fourth-order valence-corrected chi connectivity index (χ4v) is 9.81. The maximum absolute atomic E-state index is 14.8. The molecule has 0 unspecified atom stereocenters. The van der Waals surface area contributed by atoms with Gasteiger partial charge >= 0.3 is 47.6 Å². The summed E-state index contributed by atoms with van der Waals surface area (Å²) in [5, 5.41) is 19.0. The number of halogens is 17. The maximum atomic E-state index is 14.8. The number of alkyl halides is 17. The van der Waals surface area contributed by atoms with Crippen molar-refractivity contribution in [2.75, 3.05) is 13.2 Å². The number of rotatable bonds is 21. The first-order valence-corrected chi connectivity index (χ1v) is 18.2. The number of carbonyl (C=O) groups excluding carboxylic acids is 1. The molecule has 0 saturated carbocycles. The molecule has 1 atom stereocenters. The summed E-state index contributed by atoms with van der Waals surface area (Å²) < 4.78 is 245. The van der Waals surface area contributed by atoms with Gasteiger partial charge in [0.2, 0.25) is 0 Å². The standard InChI is InChI=1S/C31H38F17NO5Si/c1-17(2)55(18(3)4,54-15-14-53-21-11-9-20(10-12-21)22(50)8-6-7-19(5)23(51)49-52)16-13-24(32,33)25(34,35)26(36,37)27(38,39)28(40,41)29(42,43)30(44,45)31(46,47)48/h7,9-12,17-18,22,50,52H,6,8,13-16H2,1-5H3,(H,49,51)/b19-7+/t22-/m0/s1. The molecule has 1 aromatic carbocycles. The Kier molecular flexibility index (Phi) is 15.8. The number of aliphatic hydroxyl groups is 1. The van der Waals surface area contributed by atoms with Crippen molar-refractivity contribution in [3.8, 4) is 5.75 Å². The molecule has 0 aliphatic heterocycles. The van der Waals surface area contributed by atoms with Gasteiger partial charge < -0.3 is 14.3 Å². The van der Waals surface area contributed by atoms with E-state index < -0.39 is 98.1 Å². The van der Waals surface area contributed by atoms with Crippen molar-refractivity contribution < 1.29 is 98.9 Å². The monoisotopic (exact) mass is 855 g/mol. The van der Waals surface area contributed by atoms with Crippen LogP contribution in [0.25, 0.3) is 0 Å². The van der Waals surface area contributed by atoms with Crippen molar-refractivity contribution in [2.45, 2.75) is 125 Å². The van der Waals surface area contributed by atoms with E-state index in [0.29, 0.717) is 5.56 Å². The Labute approximate surface area is 304 Å². The summed E-state index contributed by atoms with van der Waals surface area (Å²) in [5.74, 6) is -57.3. The number of hydrogen-bond acceptors (Lipinski definition) is 5. The zero-order valence-corrected chi connectivity index (χ0v) is 30.4. The summed E-state index contributed by atoms with van der Waals surface area (Å²) >= 11 is 0. The first-order chi connectivity index (χ1) is 24.6. The molecule has 0 radical (unpaired) electrons. The predicted octanol–water partition coefficient (Wildman–Crippen LogP) is 10.5. The van der Waals surface area contributed by atoms with Gasteiger partial charge in [0.15, 0.2) is 8.32 Å². The second-order valence-corrected chi connectivity index (χ2v) is 18.1. The van der Waals surface area contributed by atoms with E-state index in [1.165, 1.54) is 70.4 Å². The Morgan fingerprint density at radius 3 is 1.58 bits per heavy atom. The first kappa shape index (κ1) is 50.2. The second-order valence-electron chi connectivity index (χ2n) is 13.1. The van der Waals surface area contributed by atoms with Gasteiger partial charge in [0.1, 0.15) is 12.4 Å². The summed E-state index contributed by atoms with van der Waals surface area (Å²) in [6.45, 7) is 5.82. The highest BCUT2D eigenvalue weighted by Crippen LogP contribution is 2.64. The Morgan fingerprint density at radius 1 is 0.727 bits per heavy atom. The van der Waals surface area contributed by atoms with Crippen LogP contribution in [0.1, 0.15) is 65.5 Å². The fourth-order valence-electron chi connectivity index (χ4n) is 5.34. The fraction of sp³-hybridized carbons (Fsp3) is 0.710. The number of hydrogen-bond donors (Lipinski definition) is 3. The van der Waals surface area contributed by atoms with Crippen molar-refractivity contribution in [1.82, 2.24) is 5.48 Å². The summed E-state index contributed by atoms with van der Waals surface area (Å²) in [5.41, 5.74) is 0.327. The van der Waals surface area contributed by atoms with Crippen LogP contribution in [0.3, 0.4) is 0 Å². The van der Waals surface area contributed by atoms with E-state index in [1.807, 2.05) is 0 Å². The minimum Gasteiger partial charge on any atom is -0.491 e. The molecule has 320 valence electrons. The number of amides is 1. The molecule has 0 bridgehead atoms. The summed E-state index contributed by atoms with van der Waals surface area (Å²) in [7, 11) is -3.94. The largest absolute Gasteiger partial charge is 0.491 e. The van der Waals surface area contributed by atoms with Gasteiger partial charge in [0, 0.05) is 12.0 Å². The molecule has 0 saturated heterocycles. The van der Waals surface area contributed by atoms with Gasteiger partial charge in [-0.25, -0.2) is 5.48 Å². The predicted molar refractivity (Wildman–Crippen MR) is 162 cm³/mol. The molecule has 0 heterocycles. The zero-order valence-electron chi connectivity index (χ0n) is 29.4. The van der Waals surface area contributed by atoms with Gasteiger partial charge in [-0.3, -0.25) is 10.0 Å². The minimum atomic E-state index is -8.68. The molecule has 24 heteroatoms. The Morgan fingerprint density at radius 2 is 1.16 bits per heavy atom. The zero-order chi connectivity index (χ0) is 43.4. The Hall–Kier alpha value is -2.86. The lowest BCUT2D eigenvalue weighted by Crippen LogP contribution is -2.74. The third-order valence-electron chi connectivity index (χ3n) is 8.91. The summed E-state index contributed by atoms with van der Waals surface area (Å²) in [4.78, 5) is 11.3. The number of allylic oxidation sites excluding steroid dienone is 1. The van der Waals surface area contributed by atoms with Gasteiger partial charge in [-0.05, 0) is 54.6 Å². The second kappa shape index (κ2) is 17.3. The van der Waals surface area contributed by atoms with Gasteiger partial charge in [-0.1, -0.05) is 45.9 Å². The highest BCUT2D eigenvalue weighted by molar-refractivity contribution is 6.76. The smallest absolute Gasteiger partial charge is 0.460 e. The molecule has 0 spiro atoms. The number of benzene rings is 1. The van der Waals surface area contributed by atoms with Gasteiger partial charge in [0.25, 0.3) is 5.91 Å². The van der Waals surface area contributed by atoms with Crippen molar-refractivity contribution >= 4 is 14.2 Å². The summed E-state index contributed by atoms with van der Waals surface area (Å²) in [6, 6.07) is 4.35. The molecule has 0 fully saturated rings. The number of aliphatic hydroxyl groups excluding tert-OH is 1. The van der Waals surface area contributed by atoms with Crippen LogP contribution < -0.4 is 10.2 Å². The quantitative estimate of drug-likeness (QED) is 0.0286. The van der Waals surface area contributed by atoms with Crippen LogP contribution >= 0.6 is 0 Å². The normalized spacial score (nSPS) is 15.5. The van der Waals surface area contributed by atoms with E-state index in [2.05, 4.69) is 0 Å². The lowest BCUT2D eigenvalue weighted by Gasteiger charge is -2.44. The van der Waals surface area contributed by atoms with Crippen LogP contribution in [0.15, 0.2) is 35.9 Å². The third-order valence-corrected chi connectivity index (χ3v) is 14.6. The van der Waals surface area contributed by atoms with E-state index >= 15 is 0 Å². The average Bonchev–Trinajstić information content (AvgIpc) is 3.06. The first-order valence-electron chi connectivity index (χ1n) is 15.9. The van der Waals surface area contributed by atoms with E-state index in [-0.39, 0.29) is 30.8 Å². The minimum absolute atomic E-state index is 0.154. The number of carbonyl (C=O) groups is 1. The topological polar surface area (TPSA) is 88.0 Å². The lowest BCUT2D eigenvalue weighted by atomic mass is 9.88. The maximum Gasteiger partial charge on any atom is 0.460 e. The third kappa shape index (κ3) is 9.65. The van der Waals surface area contributed by atoms with E-state index in [0.717, 1.165) is 0 Å². The van der Waals surface area contributed by atoms with Crippen molar-refractivity contribution in [1.29, 1.82) is 0 Å². The van der Waals surface area contributed by atoms with Crippen molar-refractivity contribution in [2.24, 2.45) is 0 Å². The molecule has 0 aliphatic rings. The molecule has 6 nitrogen and oxygen atoms in total. The number of nitrogens with one attached hydrogen (secondary N) is 1. The van der Waals surface area contributed by atoms with Crippen molar-refractivity contribution in [3.63, 3.8) is 0 Å². The Balaban J connectivity index is 3.18. The van der Waals surface area contributed by atoms with E-state index in [1.54, 1.807) is 0 Å². The SMILES string of the molecule is C/C(=C\CC[C@H](O)c1ccc(OCCO[Si](CCC(F)(F)C(F)(F)C(F)(F)C(F)(F)C(F)(F)C(F)(F)C(F)(F)C(F)(F)F)(C(C)C)C(C)C)cc1)C(=O)NO. The molecule has 3 N–H and O–H groups in total. The van der Waals surface area contributed by atoms with Gasteiger partial charge in [-0.2, -0.15) is 74.6 Å². The van der Waals surface area contributed by atoms with E-state index in [4.69, 9.17) is 14.4 Å². The number of hydroxylamine groups is 1. The van der Waals surface area contributed by atoms with Crippen LogP contribution in [0.2, 0.25) is 17.1 Å². The molecule has 55 heavy (non-hydrogen) atoms. The van der Waals surface area contributed by atoms with Gasteiger partial charge in [0.05, 0.1) is 12.7 Å². The average molecular weight is 856 g/mol. The Bertz CT molecular complexity index is 1440. The molecule has 1 aromatic rings. The van der Waals surface area contributed by atoms with Crippen molar-refractivity contribution in [3.05, 3.63) is 41.5 Å². The van der Waals surface area contributed by atoms with Crippen LogP contribution in [0.5, 0.6) is 5.75 Å². The number of ether oxygens (including phenoxy) is 1.